The van der Waals surface area contributed by atoms with Gasteiger partial charge in [0.2, 0.25) is 5.91 Å². The van der Waals surface area contributed by atoms with Crippen molar-refractivity contribution in [2.75, 3.05) is 38.2 Å². The molecule has 20 heavy (non-hydrogen) atoms. The first-order valence-electron chi connectivity index (χ1n) is 7.23. The quantitative estimate of drug-likeness (QED) is 0.722. The van der Waals surface area contributed by atoms with E-state index in [1.54, 1.807) is 0 Å². The number of carbonyl (C=O) groups excluding carboxylic acids is 1. The molecule has 0 aromatic carbocycles. The summed E-state index contributed by atoms with van der Waals surface area (Å²) in [6.45, 7) is 3.98. The van der Waals surface area contributed by atoms with E-state index in [1.807, 2.05) is 14.0 Å². The largest absolute Gasteiger partial charge is 0.349 e. The number of likely N-dealkylation sites (N-methyl/N-ethyl adjacent to an activating group) is 1. The van der Waals surface area contributed by atoms with Crippen LogP contribution in [0.25, 0.3) is 0 Å². The molecule has 0 radical (unpaired) electrons. The number of nitrogens with zero attached hydrogens (tertiary/aromatic N) is 1. The van der Waals surface area contributed by atoms with Gasteiger partial charge in [0, 0.05) is 12.6 Å². The number of piperidine rings is 1. The number of sulfone groups is 1. The lowest BCUT2D eigenvalue weighted by Gasteiger charge is -2.33. The Morgan fingerprint density at radius 2 is 2.20 bits per heavy atom. The zero-order valence-corrected chi connectivity index (χ0v) is 13.1. The Morgan fingerprint density at radius 1 is 1.45 bits per heavy atom. The summed E-state index contributed by atoms with van der Waals surface area (Å²) >= 11 is 0. The van der Waals surface area contributed by atoms with Crippen LogP contribution in [0.3, 0.4) is 0 Å². The van der Waals surface area contributed by atoms with E-state index in [0.29, 0.717) is 19.0 Å². The molecular formula is C13H25N3O3S. The predicted octanol–water partition coefficient (Wildman–Crippen LogP) is -0.636. The van der Waals surface area contributed by atoms with E-state index < -0.39 is 15.4 Å². The number of hydrogen-bond donors (Lipinski definition) is 2. The van der Waals surface area contributed by atoms with Gasteiger partial charge in [0.05, 0.1) is 23.6 Å². The molecule has 1 amide bonds. The van der Waals surface area contributed by atoms with Gasteiger partial charge >= 0.3 is 0 Å². The minimum Gasteiger partial charge on any atom is -0.349 e. The standard InChI is InChI=1S/C13H25N3O3S/c1-13(5-7-20(18,19)10-13)15-12(17)9-16-6-3-4-11(8-16)14-2/h11,14H,3-10H2,1-2H3,(H,15,17). The average Bonchev–Trinajstić information content (AvgIpc) is 2.63. The molecule has 2 heterocycles. The maximum atomic E-state index is 12.1. The maximum absolute atomic E-state index is 12.1. The van der Waals surface area contributed by atoms with Crippen molar-refractivity contribution in [1.29, 1.82) is 0 Å². The fourth-order valence-electron chi connectivity index (χ4n) is 3.12. The number of rotatable bonds is 4. The summed E-state index contributed by atoms with van der Waals surface area (Å²) in [7, 11) is -1.04. The van der Waals surface area contributed by atoms with Crippen LogP contribution < -0.4 is 10.6 Å². The number of hydrogen-bond acceptors (Lipinski definition) is 5. The fraction of sp³-hybridized carbons (Fsp3) is 0.923. The molecule has 0 spiro atoms. The third-order valence-electron chi connectivity index (χ3n) is 4.23. The minimum atomic E-state index is -2.98. The number of amides is 1. The van der Waals surface area contributed by atoms with E-state index in [-0.39, 0.29) is 17.4 Å². The summed E-state index contributed by atoms with van der Waals surface area (Å²) in [5, 5.41) is 6.16. The van der Waals surface area contributed by atoms with Crippen molar-refractivity contribution in [2.24, 2.45) is 0 Å². The fourth-order valence-corrected chi connectivity index (χ4v) is 5.22. The normalized spacial score (nSPS) is 34.0. The molecule has 2 fully saturated rings. The summed E-state index contributed by atoms with van der Waals surface area (Å²) in [5.41, 5.74) is -0.589. The second-order valence-corrected chi connectivity index (χ2v) is 8.50. The van der Waals surface area contributed by atoms with Crippen molar-refractivity contribution < 1.29 is 13.2 Å². The van der Waals surface area contributed by atoms with Crippen LogP contribution >= 0.6 is 0 Å². The van der Waals surface area contributed by atoms with E-state index >= 15 is 0 Å². The molecule has 0 aromatic rings. The topological polar surface area (TPSA) is 78.5 Å². The maximum Gasteiger partial charge on any atom is 0.234 e. The van der Waals surface area contributed by atoms with Gasteiger partial charge in [-0.25, -0.2) is 8.42 Å². The molecule has 116 valence electrons. The molecule has 0 bridgehead atoms. The lowest BCUT2D eigenvalue weighted by atomic mass is 10.0. The van der Waals surface area contributed by atoms with E-state index in [0.717, 1.165) is 25.9 Å². The van der Waals surface area contributed by atoms with Crippen LogP contribution in [0.15, 0.2) is 0 Å². The monoisotopic (exact) mass is 303 g/mol. The first-order chi connectivity index (χ1) is 9.32. The smallest absolute Gasteiger partial charge is 0.234 e. The molecule has 6 nitrogen and oxygen atoms in total. The van der Waals surface area contributed by atoms with E-state index in [1.165, 1.54) is 0 Å². The first-order valence-corrected chi connectivity index (χ1v) is 9.05. The van der Waals surface area contributed by atoms with Gasteiger partial charge in [0.15, 0.2) is 9.84 Å². The molecule has 7 heteroatoms. The number of carbonyl (C=O) groups is 1. The summed E-state index contributed by atoms with van der Waals surface area (Å²) in [5.74, 6) is 0.168. The predicted molar refractivity (Wildman–Crippen MR) is 78.3 cm³/mol. The zero-order chi connectivity index (χ0) is 14.8. The van der Waals surface area contributed by atoms with E-state index in [9.17, 15) is 13.2 Å². The molecule has 0 aromatic heterocycles. The number of nitrogens with one attached hydrogen (secondary N) is 2. The van der Waals surface area contributed by atoms with Crippen LogP contribution in [-0.2, 0) is 14.6 Å². The van der Waals surface area contributed by atoms with Crippen LogP contribution in [0.1, 0.15) is 26.2 Å². The molecule has 2 rings (SSSR count). The average molecular weight is 303 g/mol. The van der Waals surface area contributed by atoms with Gasteiger partial charge in [-0.2, -0.15) is 0 Å². The van der Waals surface area contributed by atoms with Crippen molar-refractivity contribution in [3.63, 3.8) is 0 Å². The van der Waals surface area contributed by atoms with Crippen LogP contribution in [0.4, 0.5) is 0 Å². The second-order valence-electron chi connectivity index (χ2n) is 6.31. The Balaban J connectivity index is 1.84. The lowest BCUT2D eigenvalue weighted by Crippen LogP contribution is -2.53. The van der Waals surface area contributed by atoms with Crippen LogP contribution in [0.5, 0.6) is 0 Å². The van der Waals surface area contributed by atoms with Gasteiger partial charge in [-0.1, -0.05) is 0 Å². The minimum absolute atomic E-state index is 0.0604. The second kappa shape index (κ2) is 5.99. The summed E-state index contributed by atoms with van der Waals surface area (Å²) < 4.78 is 23.1. The lowest BCUT2D eigenvalue weighted by molar-refractivity contribution is -0.124. The van der Waals surface area contributed by atoms with Crippen molar-refractivity contribution in [1.82, 2.24) is 15.5 Å². The Bertz CT molecular complexity index is 465. The van der Waals surface area contributed by atoms with Crippen molar-refractivity contribution in [2.45, 2.75) is 37.8 Å². The molecule has 0 saturated carbocycles. The Morgan fingerprint density at radius 3 is 2.80 bits per heavy atom. The van der Waals surface area contributed by atoms with Gasteiger partial charge in [-0.15, -0.1) is 0 Å². The highest BCUT2D eigenvalue weighted by Crippen LogP contribution is 2.22. The molecule has 0 aliphatic carbocycles. The highest BCUT2D eigenvalue weighted by atomic mass is 32.2. The van der Waals surface area contributed by atoms with Crippen LogP contribution in [0.2, 0.25) is 0 Å². The molecule has 2 N–H and O–H groups in total. The van der Waals surface area contributed by atoms with Gasteiger partial charge in [0.25, 0.3) is 0 Å². The third-order valence-corrected chi connectivity index (χ3v) is 6.13. The Hall–Kier alpha value is -0.660. The molecule has 2 saturated heterocycles. The molecule has 2 aliphatic heterocycles. The van der Waals surface area contributed by atoms with Gasteiger partial charge in [-0.05, 0) is 39.8 Å². The molecule has 2 aliphatic rings. The van der Waals surface area contributed by atoms with E-state index in [2.05, 4.69) is 15.5 Å². The Labute approximate surface area is 121 Å². The van der Waals surface area contributed by atoms with Gasteiger partial charge in [0.1, 0.15) is 0 Å². The third kappa shape index (κ3) is 4.17. The SMILES string of the molecule is CNC1CCCN(CC(=O)NC2(C)CCS(=O)(=O)C2)C1. The Kier molecular flexibility index (Phi) is 4.71. The first kappa shape index (κ1) is 15.7. The molecule has 2 atom stereocenters. The highest BCUT2D eigenvalue weighted by Gasteiger charge is 2.39. The zero-order valence-electron chi connectivity index (χ0n) is 12.3. The van der Waals surface area contributed by atoms with Crippen LogP contribution in [0, 0.1) is 0 Å². The highest BCUT2D eigenvalue weighted by molar-refractivity contribution is 7.91. The van der Waals surface area contributed by atoms with Gasteiger partial charge < -0.3 is 10.6 Å². The summed E-state index contributed by atoms with van der Waals surface area (Å²) in [4.78, 5) is 14.2. The van der Waals surface area contributed by atoms with Crippen molar-refractivity contribution in [3.05, 3.63) is 0 Å². The van der Waals surface area contributed by atoms with Crippen molar-refractivity contribution >= 4 is 15.7 Å². The molecular weight excluding hydrogens is 278 g/mol. The number of likely N-dealkylation sites (tertiary alicyclic amines) is 1. The van der Waals surface area contributed by atoms with Gasteiger partial charge in [-0.3, -0.25) is 9.69 Å². The molecule has 2 unspecified atom stereocenters. The van der Waals surface area contributed by atoms with Crippen LogP contribution in [-0.4, -0.2) is 69.0 Å². The van der Waals surface area contributed by atoms with Crippen molar-refractivity contribution in [3.8, 4) is 0 Å². The summed E-state index contributed by atoms with van der Waals surface area (Å²) in [6.07, 6.45) is 2.75. The summed E-state index contributed by atoms with van der Waals surface area (Å²) in [6, 6.07) is 0.444. The van der Waals surface area contributed by atoms with E-state index in [4.69, 9.17) is 0 Å².